The molecule has 0 aliphatic carbocycles. The molecule has 254 valence electrons. The van der Waals surface area contributed by atoms with E-state index in [1.54, 1.807) is 42.5 Å². The van der Waals surface area contributed by atoms with Crippen LogP contribution in [0.2, 0.25) is 0 Å². The van der Waals surface area contributed by atoms with Gasteiger partial charge in [0, 0.05) is 18.1 Å². The van der Waals surface area contributed by atoms with Crippen LogP contribution >= 0.6 is 11.8 Å². The Bertz CT molecular complexity index is 1690. The van der Waals surface area contributed by atoms with Crippen molar-refractivity contribution in [2.45, 2.75) is 55.1 Å². The molecule has 0 saturated carbocycles. The van der Waals surface area contributed by atoms with Crippen molar-refractivity contribution < 1.29 is 33.8 Å². The molecule has 49 heavy (non-hydrogen) atoms. The number of benzene rings is 3. The summed E-state index contributed by atoms with van der Waals surface area (Å²) >= 11 is 1.54. The van der Waals surface area contributed by atoms with Crippen LogP contribution in [0.4, 0.5) is 5.69 Å². The van der Waals surface area contributed by atoms with Crippen LogP contribution in [0.3, 0.4) is 0 Å². The summed E-state index contributed by atoms with van der Waals surface area (Å²) in [6, 6.07) is 15.9. The fourth-order valence-electron chi connectivity index (χ4n) is 5.49. The fraction of sp³-hybridized carbons (Fsp3) is 0.286. The van der Waals surface area contributed by atoms with Crippen molar-refractivity contribution >= 4 is 47.0 Å². The van der Waals surface area contributed by atoms with E-state index in [9.17, 15) is 34.0 Å². The van der Waals surface area contributed by atoms with Gasteiger partial charge < -0.3 is 31.1 Å². The van der Waals surface area contributed by atoms with Crippen LogP contribution < -0.4 is 26.0 Å². The highest BCUT2D eigenvalue weighted by molar-refractivity contribution is 8.03. The number of carbonyl (C=O) groups excluding carboxylic acids is 4. The summed E-state index contributed by atoms with van der Waals surface area (Å²) in [5.74, 6) is -3.72. The highest BCUT2D eigenvalue weighted by Crippen LogP contribution is 2.28. The van der Waals surface area contributed by atoms with E-state index in [-0.39, 0.29) is 41.5 Å². The number of carbonyl (C=O) groups is 5. The van der Waals surface area contributed by atoms with Crippen LogP contribution in [0, 0.1) is 4.91 Å². The van der Waals surface area contributed by atoms with E-state index in [2.05, 4.69) is 26.4 Å². The predicted octanol–water partition coefficient (Wildman–Crippen LogP) is 3.07. The summed E-state index contributed by atoms with van der Waals surface area (Å²) < 4.78 is 5.62. The number of fused-ring (bicyclic) bond motifs is 15. The van der Waals surface area contributed by atoms with Crippen molar-refractivity contribution in [2.75, 3.05) is 6.61 Å². The number of nitroso groups, excluding NO2 is 1. The predicted molar refractivity (Wildman–Crippen MR) is 182 cm³/mol. The zero-order chi connectivity index (χ0) is 34.8. The Morgan fingerprint density at radius 2 is 1.39 bits per heavy atom. The molecule has 3 heterocycles. The number of amides is 4. The van der Waals surface area contributed by atoms with Gasteiger partial charge in [0.2, 0.25) is 17.7 Å². The molecule has 3 aliphatic heterocycles. The summed E-state index contributed by atoms with van der Waals surface area (Å²) in [6.45, 7) is -0.430. The average Bonchev–Trinajstić information content (AvgIpc) is 3.62. The maximum Gasteiger partial charge on any atom is 0.330 e. The largest absolute Gasteiger partial charge is 0.484 e. The zero-order valence-electron chi connectivity index (χ0n) is 26.2. The number of thioether (sulfide) groups is 1. The van der Waals surface area contributed by atoms with E-state index in [1.165, 1.54) is 48.2 Å². The molecule has 0 aromatic heterocycles. The van der Waals surface area contributed by atoms with Gasteiger partial charge in [0.25, 0.3) is 5.91 Å². The minimum Gasteiger partial charge on any atom is -0.484 e. The third-order valence-corrected chi connectivity index (χ3v) is 9.18. The minimum atomic E-state index is -1.47. The molecule has 2 unspecified atom stereocenters. The lowest BCUT2D eigenvalue weighted by Gasteiger charge is -2.27. The van der Waals surface area contributed by atoms with Crippen molar-refractivity contribution in [3.8, 4) is 5.75 Å². The van der Waals surface area contributed by atoms with Gasteiger partial charge in [-0.15, -0.1) is 16.7 Å². The second-order valence-electron chi connectivity index (χ2n) is 11.6. The van der Waals surface area contributed by atoms with Crippen molar-refractivity contribution in [1.29, 1.82) is 0 Å². The maximum absolute atomic E-state index is 14.0. The number of aliphatic carboxylic acids is 1. The first kappa shape index (κ1) is 34.8. The second-order valence-corrected chi connectivity index (χ2v) is 12.8. The highest BCUT2D eigenvalue weighted by Gasteiger charge is 2.33. The summed E-state index contributed by atoms with van der Waals surface area (Å²) in [5.41, 5.74) is 1.69. The van der Waals surface area contributed by atoms with E-state index in [0.29, 0.717) is 17.5 Å². The Balaban J connectivity index is 1.50. The zero-order valence-corrected chi connectivity index (χ0v) is 27.1. The number of nitrogens with zero attached hydrogens (tertiary/aromatic N) is 1. The normalized spacial score (nSPS) is 23.2. The summed E-state index contributed by atoms with van der Waals surface area (Å²) in [7, 11) is 0. The van der Waals surface area contributed by atoms with E-state index >= 15 is 0 Å². The van der Waals surface area contributed by atoms with Crippen molar-refractivity contribution in [1.82, 2.24) is 21.3 Å². The molecule has 0 radical (unpaired) electrons. The van der Waals surface area contributed by atoms with Crippen molar-refractivity contribution in [2.24, 2.45) is 5.18 Å². The van der Waals surface area contributed by atoms with Crippen molar-refractivity contribution in [3.63, 3.8) is 0 Å². The molecule has 5 N–H and O–H groups in total. The standard InChI is InChI=1S/C35H35N5O8S/c41-30-20-48-25-14-10-23(11-15-25)31(35(45)46)39-34(44)28(17-21-5-2-1-3-6-21)38-32(42)27(18-22-8-12-24(40-47)13-9-22)37-33(43)29(36-30)19-26-7-4-16-49-26/h1-6,8-16,26-29,31H,7,17-20H2,(H,36,41)(H,37,43)(H,38,42)(H,39,44)(H,45,46)/t26?,27-,28-,29-,31?/m0/s1. The molecule has 0 saturated heterocycles. The Morgan fingerprint density at radius 1 is 0.776 bits per heavy atom. The SMILES string of the molecule is O=Nc1ccc(C[C@@H]2NC(=O)[C@H](CC3CC=CS3)NC(=O)COc3ccc(cc3)C(C(=O)O)NC(=O)[C@H](Cc3ccccc3)NC2=O)cc1. The third kappa shape index (κ3) is 9.76. The van der Waals surface area contributed by atoms with Crippen molar-refractivity contribution in [3.05, 3.63) is 112 Å². The second kappa shape index (κ2) is 16.6. The quantitative estimate of drug-likeness (QED) is 0.175. The first-order chi connectivity index (χ1) is 23.7. The molecule has 0 fully saturated rings. The smallest absolute Gasteiger partial charge is 0.330 e. The van der Waals surface area contributed by atoms with E-state index in [0.717, 1.165) is 0 Å². The van der Waals surface area contributed by atoms with Gasteiger partial charge in [-0.1, -0.05) is 60.7 Å². The molecular formula is C35H35N5O8S. The number of nitrogens with one attached hydrogen (secondary N) is 4. The Labute approximate surface area is 286 Å². The monoisotopic (exact) mass is 685 g/mol. The molecule has 3 aromatic carbocycles. The molecule has 4 amide bonds. The third-order valence-electron chi connectivity index (χ3n) is 8.06. The molecule has 6 rings (SSSR count). The Hall–Kier alpha value is -5.50. The lowest BCUT2D eigenvalue weighted by Crippen LogP contribution is -2.58. The Kier molecular flexibility index (Phi) is 11.8. The number of allylic oxidation sites excluding steroid dienone is 1. The maximum atomic E-state index is 14.0. The number of hydrogen-bond acceptors (Lipinski definition) is 9. The topological polar surface area (TPSA) is 192 Å². The van der Waals surface area contributed by atoms with Crippen LogP contribution in [0.15, 0.2) is 95.5 Å². The van der Waals surface area contributed by atoms with E-state index in [4.69, 9.17) is 4.74 Å². The molecule has 5 atom stereocenters. The molecule has 0 spiro atoms. The fourth-order valence-corrected chi connectivity index (χ4v) is 6.46. The number of carboxylic acid groups (broad SMARTS) is 1. The van der Waals surface area contributed by atoms with Gasteiger partial charge in [0.15, 0.2) is 12.6 Å². The number of hydrogen-bond donors (Lipinski definition) is 5. The van der Waals surface area contributed by atoms with Gasteiger partial charge in [0.1, 0.15) is 29.6 Å². The van der Waals surface area contributed by atoms with Gasteiger partial charge in [-0.05, 0) is 64.4 Å². The van der Waals surface area contributed by atoms with Crippen LogP contribution in [0.1, 0.15) is 35.6 Å². The highest BCUT2D eigenvalue weighted by atomic mass is 32.2. The summed E-state index contributed by atoms with van der Waals surface area (Å²) in [6.07, 6.45) is 2.92. The van der Waals surface area contributed by atoms with E-state index in [1.807, 2.05) is 11.5 Å². The lowest BCUT2D eigenvalue weighted by atomic mass is 10.0. The molecule has 14 heteroatoms. The van der Waals surface area contributed by atoms with Gasteiger partial charge in [-0.2, -0.15) is 0 Å². The first-order valence-electron chi connectivity index (χ1n) is 15.6. The van der Waals surface area contributed by atoms with E-state index < -0.39 is 60.4 Å². The van der Waals surface area contributed by atoms with Crippen LogP contribution in [-0.2, 0) is 36.8 Å². The van der Waals surface area contributed by atoms with Crippen LogP contribution in [-0.4, -0.2) is 64.7 Å². The minimum absolute atomic E-state index is 0.0131. The number of rotatable bonds is 8. The Morgan fingerprint density at radius 3 is 1.98 bits per heavy atom. The number of ether oxygens (including phenoxy) is 1. The molecule has 3 aliphatic rings. The lowest BCUT2D eigenvalue weighted by molar-refractivity contribution is -0.142. The first-order valence-corrected chi connectivity index (χ1v) is 16.6. The molecule has 13 nitrogen and oxygen atoms in total. The van der Waals surface area contributed by atoms with Gasteiger partial charge in [-0.3, -0.25) is 19.2 Å². The van der Waals surface area contributed by atoms with Crippen LogP contribution in [0.25, 0.3) is 0 Å². The van der Waals surface area contributed by atoms with Gasteiger partial charge >= 0.3 is 5.97 Å². The van der Waals surface area contributed by atoms with Crippen LogP contribution in [0.5, 0.6) is 5.75 Å². The average molecular weight is 686 g/mol. The summed E-state index contributed by atoms with van der Waals surface area (Å²) in [5, 5.41) is 25.6. The summed E-state index contributed by atoms with van der Waals surface area (Å²) in [4.78, 5) is 78.0. The van der Waals surface area contributed by atoms with Gasteiger partial charge in [0.05, 0.1) is 0 Å². The molecule has 3 aromatic rings. The van der Waals surface area contributed by atoms with Gasteiger partial charge in [-0.25, -0.2) is 4.79 Å². The molecule has 2 bridgehead atoms. The number of carboxylic acids is 1. The molecular weight excluding hydrogens is 650 g/mol.